The summed E-state index contributed by atoms with van der Waals surface area (Å²) >= 11 is 0. The molecule has 0 spiro atoms. The fraction of sp³-hybridized carbons (Fsp3) is 0.333. The Bertz CT molecular complexity index is 734. The van der Waals surface area contributed by atoms with Gasteiger partial charge in [-0.2, -0.15) is 0 Å². The summed E-state index contributed by atoms with van der Waals surface area (Å²) in [6.07, 6.45) is 5.92. The summed E-state index contributed by atoms with van der Waals surface area (Å²) in [6, 6.07) is 7.64. The molecule has 0 bridgehead atoms. The van der Waals surface area contributed by atoms with Crippen molar-refractivity contribution in [2.24, 2.45) is 0 Å². The van der Waals surface area contributed by atoms with Crippen molar-refractivity contribution in [2.75, 3.05) is 11.9 Å². The quantitative estimate of drug-likeness (QED) is 0.889. The molecule has 1 aromatic carbocycles. The Morgan fingerprint density at radius 3 is 2.68 bits per heavy atom. The van der Waals surface area contributed by atoms with E-state index in [2.05, 4.69) is 20.6 Å². The normalized spacial score (nSPS) is 19.9. The Hall–Kier alpha value is -2.80. The monoisotopic (exact) mass is 340 g/mol. The van der Waals surface area contributed by atoms with E-state index >= 15 is 0 Å². The number of aromatic nitrogens is 2. The molecule has 7 heteroatoms. The van der Waals surface area contributed by atoms with Crippen molar-refractivity contribution in [3.63, 3.8) is 0 Å². The lowest BCUT2D eigenvalue weighted by Crippen LogP contribution is -2.38. The third kappa shape index (κ3) is 4.60. The minimum Gasteiger partial charge on any atom is -0.373 e. The molecule has 2 atom stereocenters. The molecule has 1 saturated heterocycles. The first kappa shape index (κ1) is 17.0. The third-order valence-corrected chi connectivity index (χ3v) is 4.03. The number of benzene rings is 1. The molecule has 1 aromatic heterocycles. The van der Waals surface area contributed by atoms with Crippen LogP contribution in [0.1, 0.15) is 41.9 Å². The van der Waals surface area contributed by atoms with Crippen LogP contribution in [0.3, 0.4) is 0 Å². The minimum absolute atomic E-state index is 0.0206. The molecule has 2 heterocycles. The number of rotatable bonds is 4. The van der Waals surface area contributed by atoms with Gasteiger partial charge in [0.2, 0.25) is 5.91 Å². The van der Waals surface area contributed by atoms with Gasteiger partial charge in [-0.1, -0.05) is 12.1 Å². The van der Waals surface area contributed by atoms with Crippen LogP contribution < -0.4 is 10.6 Å². The van der Waals surface area contributed by atoms with Crippen molar-refractivity contribution in [1.82, 2.24) is 15.3 Å². The van der Waals surface area contributed by atoms with Crippen LogP contribution in [0.4, 0.5) is 5.69 Å². The lowest BCUT2D eigenvalue weighted by atomic mass is 9.97. The molecular weight excluding hydrogens is 320 g/mol. The van der Waals surface area contributed by atoms with Crippen molar-refractivity contribution in [1.29, 1.82) is 0 Å². The summed E-state index contributed by atoms with van der Waals surface area (Å²) < 4.78 is 5.81. The Labute approximate surface area is 145 Å². The van der Waals surface area contributed by atoms with Gasteiger partial charge in [-0.15, -0.1) is 0 Å². The van der Waals surface area contributed by atoms with Crippen LogP contribution in [0.15, 0.2) is 42.9 Å². The molecule has 0 radical (unpaired) electrons. The number of ether oxygens (including phenoxy) is 1. The molecule has 3 rings (SSSR count). The molecule has 0 unspecified atom stereocenters. The van der Waals surface area contributed by atoms with E-state index in [0.717, 1.165) is 18.4 Å². The Kier molecular flexibility index (Phi) is 5.35. The van der Waals surface area contributed by atoms with Gasteiger partial charge in [0.15, 0.2) is 0 Å². The van der Waals surface area contributed by atoms with E-state index in [1.165, 1.54) is 25.5 Å². The standard InChI is InChI=1S/C18H20N4O3/c1-12(23)21-15-6-9-25-17(10-15)13-2-4-14(5-3-13)22-18(24)16-11-19-7-8-20-16/h2-5,7-8,11,15,17H,6,9-10H2,1H3,(H,21,23)(H,22,24)/t15-,17+/m1/s1. The minimum atomic E-state index is -0.305. The molecule has 1 aliphatic heterocycles. The van der Waals surface area contributed by atoms with E-state index in [0.29, 0.717) is 12.3 Å². The smallest absolute Gasteiger partial charge is 0.275 e. The fourth-order valence-electron chi connectivity index (χ4n) is 2.84. The molecule has 2 N–H and O–H groups in total. The van der Waals surface area contributed by atoms with Crippen molar-refractivity contribution < 1.29 is 14.3 Å². The van der Waals surface area contributed by atoms with Crippen LogP contribution in [0.25, 0.3) is 0 Å². The zero-order valence-electron chi connectivity index (χ0n) is 13.9. The summed E-state index contributed by atoms with van der Waals surface area (Å²) in [5.74, 6) is -0.326. The van der Waals surface area contributed by atoms with Crippen LogP contribution >= 0.6 is 0 Å². The number of hydrogen-bond acceptors (Lipinski definition) is 5. The molecule has 2 aromatic rings. The summed E-state index contributed by atoms with van der Waals surface area (Å²) in [5.41, 5.74) is 1.96. The maximum Gasteiger partial charge on any atom is 0.275 e. The summed E-state index contributed by atoms with van der Waals surface area (Å²) in [5, 5.41) is 5.73. The topological polar surface area (TPSA) is 93.2 Å². The molecule has 7 nitrogen and oxygen atoms in total. The zero-order chi connectivity index (χ0) is 17.6. The predicted molar refractivity (Wildman–Crippen MR) is 92.0 cm³/mol. The van der Waals surface area contributed by atoms with E-state index < -0.39 is 0 Å². The van der Waals surface area contributed by atoms with Gasteiger partial charge in [-0.3, -0.25) is 14.6 Å². The van der Waals surface area contributed by atoms with Crippen LogP contribution in [-0.4, -0.2) is 34.4 Å². The molecule has 1 fully saturated rings. The van der Waals surface area contributed by atoms with Gasteiger partial charge in [-0.25, -0.2) is 4.98 Å². The Morgan fingerprint density at radius 2 is 2.00 bits per heavy atom. The number of amides is 2. The van der Waals surface area contributed by atoms with Crippen LogP contribution in [0.5, 0.6) is 0 Å². The first-order valence-electron chi connectivity index (χ1n) is 8.18. The van der Waals surface area contributed by atoms with Crippen LogP contribution in [0, 0.1) is 0 Å². The van der Waals surface area contributed by atoms with Gasteiger partial charge in [0.1, 0.15) is 5.69 Å². The molecule has 25 heavy (non-hydrogen) atoms. The van der Waals surface area contributed by atoms with Gasteiger partial charge >= 0.3 is 0 Å². The van der Waals surface area contributed by atoms with Gasteiger partial charge in [-0.05, 0) is 30.5 Å². The number of hydrogen-bond donors (Lipinski definition) is 2. The van der Waals surface area contributed by atoms with E-state index in [1.807, 2.05) is 24.3 Å². The highest BCUT2D eigenvalue weighted by Crippen LogP contribution is 2.29. The molecule has 0 aliphatic carbocycles. The largest absolute Gasteiger partial charge is 0.373 e. The summed E-state index contributed by atoms with van der Waals surface area (Å²) in [7, 11) is 0. The van der Waals surface area contributed by atoms with Crippen LogP contribution in [-0.2, 0) is 9.53 Å². The second kappa shape index (κ2) is 7.85. The van der Waals surface area contributed by atoms with Gasteiger partial charge in [0.05, 0.1) is 12.3 Å². The van der Waals surface area contributed by atoms with E-state index in [4.69, 9.17) is 4.74 Å². The highest BCUT2D eigenvalue weighted by atomic mass is 16.5. The van der Waals surface area contributed by atoms with Gasteiger partial charge in [0, 0.05) is 37.7 Å². The lowest BCUT2D eigenvalue weighted by Gasteiger charge is -2.30. The maximum atomic E-state index is 12.1. The number of nitrogens with one attached hydrogen (secondary N) is 2. The average molecular weight is 340 g/mol. The second-order valence-electron chi connectivity index (χ2n) is 5.95. The maximum absolute atomic E-state index is 12.1. The Morgan fingerprint density at radius 1 is 1.20 bits per heavy atom. The number of anilines is 1. The van der Waals surface area contributed by atoms with Crippen LogP contribution in [0.2, 0.25) is 0 Å². The number of nitrogens with zero attached hydrogens (tertiary/aromatic N) is 2. The first-order chi connectivity index (χ1) is 12.1. The van der Waals surface area contributed by atoms with Gasteiger partial charge in [0.25, 0.3) is 5.91 Å². The molecule has 1 aliphatic rings. The Balaban J connectivity index is 1.62. The predicted octanol–water partition coefficient (Wildman–Crippen LogP) is 2.09. The second-order valence-corrected chi connectivity index (χ2v) is 5.95. The molecule has 0 saturated carbocycles. The molecule has 130 valence electrons. The van der Waals surface area contributed by atoms with Crippen molar-refractivity contribution in [2.45, 2.75) is 31.9 Å². The molecule has 2 amide bonds. The average Bonchev–Trinajstić information content (AvgIpc) is 2.63. The third-order valence-electron chi connectivity index (χ3n) is 4.03. The van der Waals surface area contributed by atoms with Crippen molar-refractivity contribution in [3.05, 3.63) is 54.1 Å². The van der Waals surface area contributed by atoms with E-state index in [-0.39, 0.29) is 29.7 Å². The van der Waals surface area contributed by atoms with Crippen molar-refractivity contribution >= 4 is 17.5 Å². The molecular formula is C18H20N4O3. The summed E-state index contributed by atoms with van der Waals surface area (Å²) in [6.45, 7) is 2.14. The van der Waals surface area contributed by atoms with E-state index in [9.17, 15) is 9.59 Å². The highest BCUT2D eigenvalue weighted by molar-refractivity contribution is 6.02. The van der Waals surface area contributed by atoms with E-state index in [1.54, 1.807) is 0 Å². The zero-order valence-corrected chi connectivity index (χ0v) is 13.9. The van der Waals surface area contributed by atoms with Crippen molar-refractivity contribution in [3.8, 4) is 0 Å². The number of carbonyl (C=O) groups excluding carboxylic acids is 2. The summed E-state index contributed by atoms with van der Waals surface area (Å²) in [4.78, 5) is 31.1. The first-order valence-corrected chi connectivity index (χ1v) is 8.18. The number of carbonyl (C=O) groups is 2. The van der Waals surface area contributed by atoms with Gasteiger partial charge < -0.3 is 15.4 Å². The fourth-order valence-corrected chi connectivity index (χ4v) is 2.84. The SMILES string of the molecule is CC(=O)N[C@@H]1CCO[C@H](c2ccc(NC(=O)c3cnccn3)cc2)C1. The lowest BCUT2D eigenvalue weighted by molar-refractivity contribution is -0.120. The highest BCUT2D eigenvalue weighted by Gasteiger charge is 2.24.